The van der Waals surface area contributed by atoms with E-state index in [1.807, 2.05) is 0 Å². The number of hydrogen-bond donors (Lipinski definition) is 1. The smallest absolute Gasteiger partial charge is 0.244 e. The summed E-state index contributed by atoms with van der Waals surface area (Å²) in [5.41, 5.74) is 0. The van der Waals surface area contributed by atoms with Crippen molar-refractivity contribution in [2.75, 3.05) is 20.2 Å². The van der Waals surface area contributed by atoms with E-state index >= 15 is 0 Å². The number of likely N-dealkylation sites (tertiary alicyclic amines) is 1. The Kier molecular flexibility index (Phi) is 4.64. The fraction of sp³-hybridized carbons (Fsp3) is 0.600. The van der Waals surface area contributed by atoms with E-state index in [4.69, 9.17) is 16.3 Å². The molecule has 0 bridgehead atoms. The molecule has 1 saturated carbocycles. The SMILES string of the molecule is COc1ccc(Cl)cc1S(=O)(=O)NC1CCN(C2CC2)CC1. The topological polar surface area (TPSA) is 58.6 Å². The van der Waals surface area contributed by atoms with Crippen molar-refractivity contribution >= 4 is 21.6 Å². The van der Waals surface area contributed by atoms with Crippen LogP contribution in [0.25, 0.3) is 0 Å². The summed E-state index contributed by atoms with van der Waals surface area (Å²) in [5.74, 6) is 0.312. The van der Waals surface area contributed by atoms with Crippen molar-refractivity contribution in [2.24, 2.45) is 0 Å². The molecular weight excluding hydrogens is 324 g/mol. The van der Waals surface area contributed by atoms with Gasteiger partial charge in [-0.3, -0.25) is 0 Å². The molecule has 5 nitrogen and oxygen atoms in total. The van der Waals surface area contributed by atoms with Crippen LogP contribution in [0.2, 0.25) is 5.02 Å². The Labute approximate surface area is 136 Å². The summed E-state index contributed by atoms with van der Waals surface area (Å²) in [6.45, 7) is 1.93. The van der Waals surface area contributed by atoms with Crippen LogP contribution in [0.4, 0.5) is 0 Å². The highest BCUT2D eigenvalue weighted by Gasteiger charge is 2.33. The number of ether oxygens (including phenoxy) is 1. The van der Waals surface area contributed by atoms with E-state index in [9.17, 15) is 8.42 Å². The number of benzene rings is 1. The molecule has 0 spiro atoms. The Morgan fingerprint density at radius 3 is 2.50 bits per heavy atom. The highest BCUT2D eigenvalue weighted by molar-refractivity contribution is 7.89. The maximum atomic E-state index is 12.6. The number of methoxy groups -OCH3 is 1. The molecule has 2 fully saturated rings. The molecule has 0 unspecified atom stereocenters. The zero-order valence-electron chi connectivity index (χ0n) is 12.6. The molecule has 0 radical (unpaired) electrons. The number of piperidine rings is 1. The molecule has 1 aliphatic carbocycles. The summed E-state index contributed by atoms with van der Waals surface area (Å²) in [6.07, 6.45) is 4.27. The molecule has 0 amide bonds. The molecule has 1 saturated heterocycles. The lowest BCUT2D eigenvalue weighted by atomic mass is 10.1. The van der Waals surface area contributed by atoms with Crippen molar-refractivity contribution in [3.05, 3.63) is 23.2 Å². The van der Waals surface area contributed by atoms with Gasteiger partial charge in [-0.2, -0.15) is 0 Å². The van der Waals surface area contributed by atoms with Crippen LogP contribution < -0.4 is 9.46 Å². The Bertz CT molecular complexity index is 638. The second-order valence-electron chi connectivity index (χ2n) is 5.96. The molecule has 22 heavy (non-hydrogen) atoms. The van der Waals surface area contributed by atoms with Crippen LogP contribution in [-0.2, 0) is 10.0 Å². The minimum atomic E-state index is -3.63. The summed E-state index contributed by atoms with van der Waals surface area (Å²) in [4.78, 5) is 2.57. The van der Waals surface area contributed by atoms with Crippen molar-refractivity contribution in [3.63, 3.8) is 0 Å². The van der Waals surface area contributed by atoms with Gasteiger partial charge in [-0.15, -0.1) is 0 Å². The van der Waals surface area contributed by atoms with Gasteiger partial charge >= 0.3 is 0 Å². The Morgan fingerprint density at radius 2 is 1.91 bits per heavy atom. The fourth-order valence-corrected chi connectivity index (χ4v) is 4.70. The van der Waals surface area contributed by atoms with Crippen molar-refractivity contribution in [1.82, 2.24) is 9.62 Å². The molecule has 1 aromatic carbocycles. The van der Waals surface area contributed by atoms with Gasteiger partial charge in [-0.25, -0.2) is 13.1 Å². The maximum absolute atomic E-state index is 12.6. The van der Waals surface area contributed by atoms with Gasteiger partial charge in [0.2, 0.25) is 10.0 Å². The quantitative estimate of drug-likeness (QED) is 0.890. The zero-order valence-corrected chi connectivity index (χ0v) is 14.2. The van der Waals surface area contributed by atoms with Crippen LogP contribution in [-0.4, -0.2) is 45.6 Å². The Balaban J connectivity index is 1.69. The van der Waals surface area contributed by atoms with Gasteiger partial charge in [-0.05, 0) is 57.0 Å². The molecule has 0 aromatic heterocycles. The summed E-state index contributed by atoms with van der Waals surface area (Å²) < 4.78 is 33.1. The first-order chi connectivity index (χ1) is 10.5. The fourth-order valence-electron chi connectivity index (χ4n) is 2.97. The van der Waals surface area contributed by atoms with Gasteiger partial charge in [0.15, 0.2) is 0 Å². The van der Waals surface area contributed by atoms with E-state index in [-0.39, 0.29) is 10.9 Å². The summed E-state index contributed by atoms with van der Waals surface area (Å²) in [7, 11) is -2.17. The van der Waals surface area contributed by atoms with E-state index in [0.29, 0.717) is 10.8 Å². The van der Waals surface area contributed by atoms with Crippen LogP contribution in [0.1, 0.15) is 25.7 Å². The predicted molar refractivity (Wildman–Crippen MR) is 85.9 cm³/mol. The van der Waals surface area contributed by atoms with E-state index in [2.05, 4.69) is 9.62 Å². The average molecular weight is 345 g/mol. The van der Waals surface area contributed by atoms with Gasteiger partial charge in [0.1, 0.15) is 10.6 Å². The highest BCUT2D eigenvalue weighted by atomic mass is 35.5. The number of hydrogen-bond acceptors (Lipinski definition) is 4. The number of sulfonamides is 1. The minimum Gasteiger partial charge on any atom is -0.495 e. The summed E-state index contributed by atoms with van der Waals surface area (Å²) >= 11 is 5.93. The lowest BCUT2D eigenvalue weighted by molar-refractivity contribution is 0.199. The third kappa shape index (κ3) is 3.56. The lowest BCUT2D eigenvalue weighted by Gasteiger charge is -2.32. The number of nitrogens with zero attached hydrogens (tertiary/aromatic N) is 1. The summed E-state index contributed by atoms with van der Waals surface area (Å²) in [5, 5.41) is 0.379. The second kappa shape index (κ2) is 6.35. The standard InChI is InChI=1S/C15H21ClN2O3S/c1-21-14-5-2-11(16)10-15(14)22(19,20)17-12-6-8-18(9-7-12)13-3-4-13/h2,5,10,12-13,17H,3-4,6-9H2,1H3. The van der Waals surface area contributed by atoms with Gasteiger partial charge in [0, 0.05) is 17.1 Å². The lowest BCUT2D eigenvalue weighted by Crippen LogP contribution is -2.45. The van der Waals surface area contributed by atoms with Crippen molar-refractivity contribution in [3.8, 4) is 5.75 Å². The largest absolute Gasteiger partial charge is 0.495 e. The molecule has 3 rings (SSSR count). The third-order valence-electron chi connectivity index (χ3n) is 4.33. The van der Waals surface area contributed by atoms with Crippen LogP contribution in [0.5, 0.6) is 5.75 Å². The molecule has 0 atom stereocenters. The van der Waals surface area contributed by atoms with Crippen LogP contribution >= 0.6 is 11.6 Å². The van der Waals surface area contributed by atoms with E-state index in [1.165, 1.54) is 26.0 Å². The average Bonchev–Trinajstić information content (AvgIpc) is 3.32. The second-order valence-corrected chi connectivity index (χ2v) is 8.08. The molecule has 7 heteroatoms. The van der Waals surface area contributed by atoms with Crippen molar-refractivity contribution in [2.45, 2.75) is 42.7 Å². The van der Waals surface area contributed by atoms with Crippen molar-refractivity contribution in [1.29, 1.82) is 0 Å². The number of halogens is 1. The van der Waals surface area contributed by atoms with E-state index in [0.717, 1.165) is 32.0 Å². The van der Waals surface area contributed by atoms with Gasteiger partial charge in [-0.1, -0.05) is 11.6 Å². The molecule has 1 aliphatic heterocycles. The predicted octanol–water partition coefficient (Wildman–Crippen LogP) is 2.25. The molecule has 1 heterocycles. The van der Waals surface area contributed by atoms with E-state index < -0.39 is 10.0 Å². The van der Waals surface area contributed by atoms with Crippen LogP contribution in [0.3, 0.4) is 0 Å². The Hall–Kier alpha value is -0.820. The first-order valence-electron chi connectivity index (χ1n) is 7.59. The molecule has 122 valence electrons. The number of rotatable bonds is 5. The molecular formula is C15H21ClN2O3S. The highest BCUT2D eigenvalue weighted by Crippen LogP contribution is 2.30. The van der Waals surface area contributed by atoms with Gasteiger partial charge < -0.3 is 9.64 Å². The number of nitrogens with one attached hydrogen (secondary N) is 1. The van der Waals surface area contributed by atoms with Gasteiger partial charge in [0.05, 0.1) is 7.11 Å². The third-order valence-corrected chi connectivity index (χ3v) is 6.11. The molecule has 1 N–H and O–H groups in total. The zero-order chi connectivity index (χ0) is 15.7. The van der Waals surface area contributed by atoms with Crippen molar-refractivity contribution < 1.29 is 13.2 Å². The monoisotopic (exact) mass is 344 g/mol. The van der Waals surface area contributed by atoms with E-state index in [1.54, 1.807) is 12.1 Å². The van der Waals surface area contributed by atoms with Gasteiger partial charge in [0.25, 0.3) is 0 Å². The maximum Gasteiger partial charge on any atom is 0.244 e. The first-order valence-corrected chi connectivity index (χ1v) is 9.45. The first kappa shape index (κ1) is 16.1. The minimum absolute atomic E-state index is 0.0244. The van der Waals surface area contributed by atoms with Crippen LogP contribution in [0.15, 0.2) is 23.1 Å². The normalized spacial score (nSPS) is 21.0. The Morgan fingerprint density at radius 1 is 1.23 bits per heavy atom. The molecule has 2 aliphatic rings. The summed E-state index contributed by atoms with van der Waals surface area (Å²) in [6, 6.07) is 5.34. The molecule has 1 aromatic rings. The van der Waals surface area contributed by atoms with Crippen LogP contribution in [0, 0.1) is 0 Å².